The van der Waals surface area contributed by atoms with Gasteiger partial charge in [-0.15, -0.1) is 0 Å². The van der Waals surface area contributed by atoms with Gasteiger partial charge in [0.05, 0.1) is 5.56 Å². The van der Waals surface area contributed by atoms with E-state index in [2.05, 4.69) is 20.6 Å². The van der Waals surface area contributed by atoms with Crippen LogP contribution in [0.3, 0.4) is 0 Å². The van der Waals surface area contributed by atoms with Crippen molar-refractivity contribution in [3.8, 4) is 0 Å². The van der Waals surface area contributed by atoms with Gasteiger partial charge in [-0.1, -0.05) is 17.7 Å². The first kappa shape index (κ1) is 17.7. The Morgan fingerprint density at radius 1 is 1.00 bits per heavy atom. The predicted molar refractivity (Wildman–Crippen MR) is 103 cm³/mol. The SMILES string of the molecule is Cc1cc(Nc2ccc(C(=O)O)cc2)nc(Nc2cc(Cl)ccc2C)n1. The third-order valence-corrected chi connectivity index (χ3v) is 3.94. The fourth-order valence-electron chi connectivity index (χ4n) is 2.38. The molecule has 6 nitrogen and oxygen atoms in total. The Kier molecular flexibility index (Phi) is 5.04. The molecule has 1 aromatic heterocycles. The highest BCUT2D eigenvalue weighted by molar-refractivity contribution is 6.30. The van der Waals surface area contributed by atoms with Crippen molar-refractivity contribution >= 4 is 40.7 Å². The van der Waals surface area contributed by atoms with Crippen LogP contribution in [0.5, 0.6) is 0 Å². The lowest BCUT2D eigenvalue weighted by atomic mass is 10.2. The molecule has 0 unspecified atom stereocenters. The van der Waals surface area contributed by atoms with Gasteiger partial charge in [0.2, 0.25) is 5.95 Å². The van der Waals surface area contributed by atoms with Crippen LogP contribution in [-0.2, 0) is 0 Å². The fourth-order valence-corrected chi connectivity index (χ4v) is 2.55. The van der Waals surface area contributed by atoms with E-state index in [1.165, 1.54) is 12.1 Å². The standard InChI is InChI=1S/C19H17ClN4O2/c1-11-3-6-14(20)10-16(11)23-19-21-12(2)9-17(24-19)22-15-7-4-13(5-8-15)18(25)26/h3-10H,1-2H3,(H,25,26)(H2,21,22,23,24). The molecule has 0 saturated carbocycles. The summed E-state index contributed by atoms with van der Waals surface area (Å²) in [5.41, 5.74) is 3.61. The molecule has 0 aliphatic heterocycles. The van der Waals surface area contributed by atoms with Crippen molar-refractivity contribution in [1.82, 2.24) is 9.97 Å². The van der Waals surface area contributed by atoms with Crippen LogP contribution >= 0.6 is 11.6 Å². The lowest BCUT2D eigenvalue weighted by molar-refractivity contribution is 0.0697. The van der Waals surface area contributed by atoms with E-state index in [1.807, 2.05) is 32.0 Å². The third kappa shape index (κ3) is 4.29. The zero-order chi connectivity index (χ0) is 18.7. The van der Waals surface area contributed by atoms with Crippen LogP contribution in [0.2, 0.25) is 5.02 Å². The zero-order valence-electron chi connectivity index (χ0n) is 14.2. The minimum absolute atomic E-state index is 0.230. The molecule has 26 heavy (non-hydrogen) atoms. The Bertz CT molecular complexity index is 958. The summed E-state index contributed by atoms with van der Waals surface area (Å²) < 4.78 is 0. The second-order valence-electron chi connectivity index (χ2n) is 5.81. The summed E-state index contributed by atoms with van der Waals surface area (Å²) in [6.45, 7) is 3.84. The molecule has 0 bridgehead atoms. The third-order valence-electron chi connectivity index (χ3n) is 3.70. The first-order valence-corrected chi connectivity index (χ1v) is 8.28. The van der Waals surface area contributed by atoms with Crippen LogP contribution in [-0.4, -0.2) is 21.0 Å². The molecule has 0 atom stereocenters. The van der Waals surface area contributed by atoms with Gasteiger partial charge >= 0.3 is 5.97 Å². The Balaban J connectivity index is 1.83. The van der Waals surface area contributed by atoms with Gasteiger partial charge in [0, 0.05) is 28.2 Å². The van der Waals surface area contributed by atoms with E-state index in [0.29, 0.717) is 16.8 Å². The summed E-state index contributed by atoms with van der Waals surface area (Å²) in [6, 6.07) is 13.8. The van der Waals surface area contributed by atoms with E-state index in [-0.39, 0.29) is 5.56 Å². The van der Waals surface area contributed by atoms with Gasteiger partial charge in [-0.2, -0.15) is 4.98 Å². The quantitative estimate of drug-likeness (QED) is 0.591. The van der Waals surface area contributed by atoms with Gasteiger partial charge < -0.3 is 15.7 Å². The maximum atomic E-state index is 10.9. The van der Waals surface area contributed by atoms with E-state index < -0.39 is 5.97 Å². The molecule has 0 saturated heterocycles. The lowest BCUT2D eigenvalue weighted by Crippen LogP contribution is -2.03. The van der Waals surface area contributed by atoms with Crippen LogP contribution in [0, 0.1) is 13.8 Å². The van der Waals surface area contributed by atoms with Gasteiger partial charge in [-0.05, 0) is 55.8 Å². The van der Waals surface area contributed by atoms with Gasteiger partial charge in [0.1, 0.15) is 5.82 Å². The summed E-state index contributed by atoms with van der Waals surface area (Å²) in [5.74, 6) is 0.0839. The van der Waals surface area contributed by atoms with Crippen LogP contribution < -0.4 is 10.6 Å². The Hall–Kier alpha value is -3.12. The lowest BCUT2D eigenvalue weighted by Gasteiger charge is -2.12. The molecular formula is C19H17ClN4O2. The zero-order valence-corrected chi connectivity index (χ0v) is 15.0. The summed E-state index contributed by atoms with van der Waals surface area (Å²) in [5, 5.41) is 15.9. The number of hydrogen-bond donors (Lipinski definition) is 3. The number of nitrogens with one attached hydrogen (secondary N) is 2. The molecule has 3 aromatic rings. The predicted octanol–water partition coefficient (Wildman–Crippen LogP) is 4.93. The maximum Gasteiger partial charge on any atom is 0.335 e. The highest BCUT2D eigenvalue weighted by Crippen LogP contribution is 2.24. The average molecular weight is 369 g/mol. The van der Waals surface area contributed by atoms with Crippen LogP contribution in [0.1, 0.15) is 21.6 Å². The van der Waals surface area contributed by atoms with Gasteiger partial charge in [-0.25, -0.2) is 9.78 Å². The minimum atomic E-state index is -0.960. The van der Waals surface area contributed by atoms with E-state index in [1.54, 1.807) is 18.2 Å². The number of benzene rings is 2. The molecule has 0 spiro atoms. The molecular weight excluding hydrogens is 352 g/mol. The van der Waals surface area contributed by atoms with Crippen molar-refractivity contribution in [1.29, 1.82) is 0 Å². The normalized spacial score (nSPS) is 10.4. The first-order valence-electron chi connectivity index (χ1n) is 7.90. The largest absolute Gasteiger partial charge is 0.478 e. The second kappa shape index (κ2) is 7.41. The maximum absolute atomic E-state index is 10.9. The van der Waals surface area contributed by atoms with Gasteiger partial charge in [0.15, 0.2) is 0 Å². The minimum Gasteiger partial charge on any atom is -0.478 e. The Morgan fingerprint density at radius 3 is 2.42 bits per heavy atom. The molecule has 0 radical (unpaired) electrons. The average Bonchev–Trinajstić information content (AvgIpc) is 2.58. The van der Waals surface area contributed by atoms with Gasteiger partial charge in [-0.3, -0.25) is 0 Å². The van der Waals surface area contributed by atoms with E-state index in [4.69, 9.17) is 16.7 Å². The van der Waals surface area contributed by atoms with Gasteiger partial charge in [0.25, 0.3) is 0 Å². The summed E-state index contributed by atoms with van der Waals surface area (Å²) in [6.07, 6.45) is 0. The number of rotatable bonds is 5. The number of carboxylic acids is 1. The van der Waals surface area contributed by atoms with Crippen LogP contribution in [0.4, 0.5) is 23.1 Å². The summed E-state index contributed by atoms with van der Waals surface area (Å²) >= 11 is 6.05. The summed E-state index contributed by atoms with van der Waals surface area (Å²) in [4.78, 5) is 19.8. The van der Waals surface area contributed by atoms with E-state index >= 15 is 0 Å². The topological polar surface area (TPSA) is 87.1 Å². The number of halogens is 1. The van der Waals surface area contributed by atoms with Crippen molar-refractivity contribution in [2.45, 2.75) is 13.8 Å². The Morgan fingerprint density at radius 2 is 1.73 bits per heavy atom. The highest BCUT2D eigenvalue weighted by Gasteiger charge is 2.07. The molecule has 0 amide bonds. The van der Waals surface area contributed by atoms with Crippen molar-refractivity contribution < 1.29 is 9.90 Å². The van der Waals surface area contributed by atoms with Crippen molar-refractivity contribution in [3.05, 3.63) is 70.4 Å². The van der Waals surface area contributed by atoms with Crippen LogP contribution in [0.15, 0.2) is 48.5 Å². The molecule has 2 aromatic carbocycles. The first-order chi connectivity index (χ1) is 12.4. The Labute approximate surface area is 155 Å². The van der Waals surface area contributed by atoms with Crippen molar-refractivity contribution in [3.63, 3.8) is 0 Å². The van der Waals surface area contributed by atoms with Crippen LogP contribution in [0.25, 0.3) is 0 Å². The molecule has 132 valence electrons. The molecule has 0 aliphatic carbocycles. The number of nitrogens with zero attached hydrogens (tertiary/aromatic N) is 2. The fraction of sp³-hybridized carbons (Fsp3) is 0.105. The number of aromatic carboxylic acids is 1. The van der Waals surface area contributed by atoms with Crippen molar-refractivity contribution in [2.75, 3.05) is 10.6 Å². The van der Waals surface area contributed by atoms with E-state index in [9.17, 15) is 4.79 Å². The molecule has 1 heterocycles. The number of carboxylic acid groups (broad SMARTS) is 1. The monoisotopic (exact) mass is 368 g/mol. The number of carbonyl (C=O) groups is 1. The number of aryl methyl sites for hydroxylation is 2. The number of aromatic nitrogens is 2. The molecule has 0 fully saturated rings. The molecule has 3 N–H and O–H groups in total. The molecule has 3 rings (SSSR count). The highest BCUT2D eigenvalue weighted by atomic mass is 35.5. The summed E-state index contributed by atoms with van der Waals surface area (Å²) in [7, 11) is 0. The van der Waals surface area contributed by atoms with E-state index in [0.717, 1.165) is 22.6 Å². The number of hydrogen-bond acceptors (Lipinski definition) is 5. The smallest absolute Gasteiger partial charge is 0.335 e. The van der Waals surface area contributed by atoms with Crippen molar-refractivity contribution in [2.24, 2.45) is 0 Å². The molecule has 7 heteroatoms. The second-order valence-corrected chi connectivity index (χ2v) is 6.25. The molecule has 0 aliphatic rings. The number of anilines is 4.